The average molecular weight is 275 g/mol. The number of fused-ring (bicyclic) bond motifs is 1. The van der Waals surface area contributed by atoms with E-state index in [4.69, 9.17) is 0 Å². The van der Waals surface area contributed by atoms with Crippen molar-refractivity contribution in [2.75, 3.05) is 14.1 Å². The summed E-state index contributed by atoms with van der Waals surface area (Å²) in [6.45, 7) is 3.41. The zero-order valence-electron chi connectivity index (χ0n) is 11.9. The number of likely N-dealkylation sites (N-methyl/N-ethyl adjacent to an activating group) is 1. The molecule has 1 atom stereocenters. The van der Waals surface area contributed by atoms with Crippen LogP contribution in [0.3, 0.4) is 0 Å². The molecule has 1 aromatic carbocycles. The van der Waals surface area contributed by atoms with Crippen molar-refractivity contribution in [2.24, 2.45) is 0 Å². The molecule has 0 saturated carbocycles. The maximum absolute atomic E-state index is 12.4. The highest BCUT2D eigenvalue weighted by molar-refractivity contribution is 5.81. The molecule has 0 aliphatic heterocycles. The second-order valence-corrected chi connectivity index (χ2v) is 5.06. The van der Waals surface area contributed by atoms with Crippen molar-refractivity contribution in [2.45, 2.75) is 19.9 Å². The zero-order chi connectivity index (χ0) is 15.0. The van der Waals surface area contributed by atoms with E-state index in [1.54, 1.807) is 33.2 Å². The fourth-order valence-corrected chi connectivity index (χ4v) is 2.18. The normalized spacial score (nSPS) is 12.4. The maximum Gasteiger partial charge on any atom is 0.329 e. The smallest absolute Gasteiger partial charge is 0.329 e. The van der Waals surface area contributed by atoms with E-state index in [0.29, 0.717) is 10.9 Å². The Labute approximate surface area is 115 Å². The molecule has 6 nitrogen and oxygen atoms in total. The summed E-state index contributed by atoms with van der Waals surface area (Å²) in [5.74, 6) is -0.301. The Morgan fingerprint density at radius 3 is 2.55 bits per heavy atom. The van der Waals surface area contributed by atoms with Gasteiger partial charge in [0.05, 0.1) is 10.9 Å². The monoisotopic (exact) mass is 275 g/mol. The minimum absolute atomic E-state index is 0.301. The van der Waals surface area contributed by atoms with Crippen LogP contribution in [0.4, 0.5) is 0 Å². The summed E-state index contributed by atoms with van der Waals surface area (Å²) in [7, 11) is 3.17. The Kier molecular flexibility index (Phi) is 3.48. The first-order chi connectivity index (χ1) is 9.32. The number of hydrogen-bond donors (Lipinski definition) is 1. The Hall–Kier alpha value is -2.37. The lowest BCUT2D eigenvalue weighted by Crippen LogP contribution is -2.43. The van der Waals surface area contributed by atoms with Gasteiger partial charge < -0.3 is 9.88 Å². The van der Waals surface area contributed by atoms with Crippen LogP contribution in [0.5, 0.6) is 0 Å². The number of H-pyrrole nitrogens is 1. The standard InChI is InChI=1S/C14H17N3O3/c1-8-5-6-11-10(7-8)13(19)17(14(20)15-11)9(2)12(18)16(3)4/h5-7,9H,1-4H3,(H,15,20)/t9-/m1/s1. The van der Waals surface area contributed by atoms with Crippen LogP contribution in [0.15, 0.2) is 27.8 Å². The van der Waals surface area contributed by atoms with Crippen molar-refractivity contribution in [3.63, 3.8) is 0 Å². The number of aryl methyl sites for hydroxylation is 1. The molecule has 0 spiro atoms. The van der Waals surface area contributed by atoms with Crippen LogP contribution in [0.2, 0.25) is 0 Å². The number of amides is 1. The highest BCUT2D eigenvalue weighted by atomic mass is 16.2. The Morgan fingerprint density at radius 2 is 1.95 bits per heavy atom. The van der Waals surface area contributed by atoms with Crippen LogP contribution in [0.25, 0.3) is 10.9 Å². The quantitative estimate of drug-likeness (QED) is 0.874. The van der Waals surface area contributed by atoms with Crippen LogP contribution in [0.1, 0.15) is 18.5 Å². The summed E-state index contributed by atoms with van der Waals surface area (Å²) in [5, 5.41) is 0.406. The number of aromatic nitrogens is 2. The van der Waals surface area contributed by atoms with Gasteiger partial charge in [-0.05, 0) is 26.0 Å². The topological polar surface area (TPSA) is 75.2 Å². The second kappa shape index (κ2) is 4.96. The van der Waals surface area contributed by atoms with Gasteiger partial charge >= 0.3 is 5.69 Å². The lowest BCUT2D eigenvalue weighted by atomic mass is 10.1. The second-order valence-electron chi connectivity index (χ2n) is 5.06. The molecule has 2 aromatic rings. The predicted octanol–water partition coefficient (Wildman–Crippen LogP) is 0.647. The Balaban J connectivity index is 2.74. The largest absolute Gasteiger partial charge is 0.347 e. The number of carbonyl (C=O) groups excluding carboxylic acids is 1. The van der Waals surface area contributed by atoms with Gasteiger partial charge in [0.2, 0.25) is 5.91 Å². The molecule has 0 aliphatic rings. The molecule has 0 bridgehead atoms. The number of aromatic amines is 1. The molecule has 1 amide bonds. The van der Waals surface area contributed by atoms with E-state index >= 15 is 0 Å². The fourth-order valence-electron chi connectivity index (χ4n) is 2.18. The van der Waals surface area contributed by atoms with Crippen LogP contribution >= 0.6 is 0 Å². The molecule has 0 saturated heterocycles. The number of carbonyl (C=O) groups is 1. The van der Waals surface area contributed by atoms with Gasteiger partial charge in [0.15, 0.2) is 0 Å². The molecule has 106 valence electrons. The van der Waals surface area contributed by atoms with Crippen LogP contribution in [-0.4, -0.2) is 34.5 Å². The van der Waals surface area contributed by atoms with Gasteiger partial charge in [-0.1, -0.05) is 11.6 Å². The third-order valence-electron chi connectivity index (χ3n) is 3.27. The summed E-state index contributed by atoms with van der Waals surface area (Å²) < 4.78 is 0.962. The van der Waals surface area contributed by atoms with Gasteiger partial charge in [0.25, 0.3) is 5.56 Å². The minimum atomic E-state index is -0.842. The van der Waals surface area contributed by atoms with Crippen molar-refractivity contribution in [1.29, 1.82) is 0 Å². The van der Waals surface area contributed by atoms with Gasteiger partial charge in [-0.3, -0.25) is 9.59 Å². The van der Waals surface area contributed by atoms with Crippen molar-refractivity contribution in [3.05, 3.63) is 44.6 Å². The summed E-state index contributed by atoms with van der Waals surface area (Å²) in [6, 6.07) is 4.37. The van der Waals surface area contributed by atoms with E-state index in [0.717, 1.165) is 10.1 Å². The van der Waals surface area contributed by atoms with Gasteiger partial charge in [0.1, 0.15) is 6.04 Å². The van der Waals surface area contributed by atoms with Crippen molar-refractivity contribution < 1.29 is 4.79 Å². The van der Waals surface area contributed by atoms with E-state index in [1.165, 1.54) is 4.90 Å². The van der Waals surface area contributed by atoms with Crippen molar-refractivity contribution in [1.82, 2.24) is 14.5 Å². The predicted molar refractivity (Wildman–Crippen MR) is 77.0 cm³/mol. The minimum Gasteiger partial charge on any atom is -0.347 e. The number of hydrogen-bond acceptors (Lipinski definition) is 3. The molecule has 0 radical (unpaired) electrons. The number of nitrogens with one attached hydrogen (secondary N) is 1. The van der Waals surface area contributed by atoms with Crippen LogP contribution < -0.4 is 11.2 Å². The Bertz CT molecular complexity index is 786. The number of nitrogens with zero attached hydrogens (tertiary/aromatic N) is 2. The first-order valence-electron chi connectivity index (χ1n) is 6.29. The van der Waals surface area contributed by atoms with Crippen LogP contribution in [0, 0.1) is 6.92 Å². The Morgan fingerprint density at radius 1 is 1.30 bits per heavy atom. The maximum atomic E-state index is 12.4. The summed E-state index contributed by atoms with van der Waals surface area (Å²) in [4.78, 5) is 40.4. The highest BCUT2D eigenvalue weighted by Crippen LogP contribution is 2.10. The SMILES string of the molecule is Cc1ccc2[nH]c(=O)n([C@H](C)C(=O)N(C)C)c(=O)c2c1. The third kappa shape index (κ3) is 2.24. The highest BCUT2D eigenvalue weighted by Gasteiger charge is 2.21. The van der Waals surface area contributed by atoms with Gasteiger partial charge in [-0.15, -0.1) is 0 Å². The van der Waals surface area contributed by atoms with Crippen molar-refractivity contribution >= 4 is 16.8 Å². The van der Waals surface area contributed by atoms with E-state index in [9.17, 15) is 14.4 Å². The molecule has 2 rings (SSSR count). The first-order valence-corrected chi connectivity index (χ1v) is 6.29. The van der Waals surface area contributed by atoms with E-state index in [1.807, 2.05) is 13.0 Å². The summed E-state index contributed by atoms with van der Waals surface area (Å²) in [5.41, 5.74) is 0.371. The molecule has 1 aromatic heterocycles. The molecule has 0 aliphatic carbocycles. The number of rotatable bonds is 2. The molecule has 1 heterocycles. The molecule has 1 N–H and O–H groups in total. The molecule has 0 fully saturated rings. The number of benzene rings is 1. The lowest BCUT2D eigenvalue weighted by molar-refractivity contribution is -0.131. The molecule has 6 heteroatoms. The van der Waals surface area contributed by atoms with Crippen LogP contribution in [-0.2, 0) is 4.79 Å². The molecular weight excluding hydrogens is 258 g/mol. The van der Waals surface area contributed by atoms with Crippen molar-refractivity contribution in [3.8, 4) is 0 Å². The van der Waals surface area contributed by atoms with Gasteiger partial charge in [0, 0.05) is 14.1 Å². The zero-order valence-corrected chi connectivity index (χ0v) is 11.9. The lowest BCUT2D eigenvalue weighted by Gasteiger charge is -2.18. The first kappa shape index (κ1) is 14.0. The molecular formula is C14H17N3O3. The molecule has 20 heavy (non-hydrogen) atoms. The third-order valence-corrected chi connectivity index (χ3v) is 3.27. The average Bonchev–Trinajstić information content (AvgIpc) is 2.38. The van der Waals surface area contributed by atoms with E-state index in [2.05, 4.69) is 4.98 Å². The van der Waals surface area contributed by atoms with Gasteiger partial charge in [-0.25, -0.2) is 9.36 Å². The summed E-state index contributed by atoms with van der Waals surface area (Å²) >= 11 is 0. The molecule has 0 unspecified atom stereocenters. The van der Waals surface area contributed by atoms with E-state index in [-0.39, 0.29) is 5.91 Å². The van der Waals surface area contributed by atoms with E-state index < -0.39 is 17.3 Å². The summed E-state index contributed by atoms with van der Waals surface area (Å²) in [6.07, 6.45) is 0. The fraction of sp³-hybridized carbons (Fsp3) is 0.357. The van der Waals surface area contributed by atoms with Gasteiger partial charge in [-0.2, -0.15) is 0 Å².